The van der Waals surface area contributed by atoms with Gasteiger partial charge in [-0.05, 0) is 64.2 Å². The number of hydrogen-bond donors (Lipinski definition) is 1. The van der Waals surface area contributed by atoms with Crippen LogP contribution in [-0.4, -0.2) is 31.1 Å². The molecule has 1 heterocycles. The minimum Gasteiger partial charge on any atom is -0.317 e. The number of piperidine rings is 1. The Balaban J connectivity index is 1.96. The van der Waals surface area contributed by atoms with E-state index in [1.807, 2.05) is 0 Å². The molecule has 2 heteroatoms. The third-order valence-corrected chi connectivity index (χ3v) is 4.20. The van der Waals surface area contributed by atoms with Crippen molar-refractivity contribution < 1.29 is 0 Å². The van der Waals surface area contributed by atoms with Crippen LogP contribution in [0.5, 0.6) is 0 Å². The van der Waals surface area contributed by atoms with Crippen LogP contribution in [0.1, 0.15) is 42.9 Å². The van der Waals surface area contributed by atoms with Crippen LogP contribution in [0, 0.1) is 19.8 Å². The van der Waals surface area contributed by atoms with Crippen LogP contribution < -0.4 is 5.32 Å². The summed E-state index contributed by atoms with van der Waals surface area (Å²) >= 11 is 0. The van der Waals surface area contributed by atoms with Gasteiger partial charge in [-0.15, -0.1) is 0 Å². The van der Waals surface area contributed by atoms with Gasteiger partial charge in [0.05, 0.1) is 0 Å². The van der Waals surface area contributed by atoms with Crippen molar-refractivity contribution in [3.8, 4) is 0 Å². The van der Waals surface area contributed by atoms with Gasteiger partial charge in [0, 0.05) is 13.1 Å². The Morgan fingerprint density at radius 1 is 1.10 bits per heavy atom. The normalized spacial score (nSPS) is 16.8. The van der Waals surface area contributed by atoms with E-state index in [2.05, 4.69) is 49.2 Å². The molecule has 2 nitrogen and oxygen atoms in total. The number of nitrogens with zero attached hydrogens (tertiary/aromatic N) is 1. The van der Waals surface area contributed by atoms with Gasteiger partial charge in [-0.3, -0.25) is 4.90 Å². The zero-order chi connectivity index (χ0) is 14.4. The Labute approximate surface area is 124 Å². The molecule has 0 amide bonds. The Morgan fingerprint density at radius 3 is 2.35 bits per heavy atom. The molecule has 0 radical (unpaired) electrons. The molecule has 20 heavy (non-hydrogen) atoms. The van der Waals surface area contributed by atoms with E-state index < -0.39 is 0 Å². The van der Waals surface area contributed by atoms with Crippen molar-refractivity contribution >= 4 is 0 Å². The molecule has 1 aliphatic heterocycles. The second kappa shape index (κ2) is 7.80. The molecule has 1 aromatic carbocycles. The Kier molecular flexibility index (Phi) is 6.06. The first-order valence-electron chi connectivity index (χ1n) is 8.17. The molecule has 2 rings (SSSR count). The fourth-order valence-corrected chi connectivity index (χ4v) is 3.40. The zero-order valence-electron chi connectivity index (χ0n) is 13.4. The molecular weight excluding hydrogens is 244 g/mol. The number of aryl methyl sites for hydroxylation is 2. The lowest BCUT2D eigenvalue weighted by Crippen LogP contribution is -2.36. The summed E-state index contributed by atoms with van der Waals surface area (Å²) in [4.78, 5) is 2.66. The van der Waals surface area contributed by atoms with E-state index in [4.69, 9.17) is 0 Å². The number of rotatable bonds is 6. The molecule has 0 unspecified atom stereocenters. The standard InChI is InChI=1S/C18H30N2/c1-4-9-20(13-17-5-7-19-8-6-17)14-18-11-15(2)10-16(3)12-18/h10-12,17,19H,4-9,13-14H2,1-3H3. The molecule has 0 aliphatic carbocycles. The molecule has 0 saturated carbocycles. The Morgan fingerprint density at radius 2 is 1.75 bits per heavy atom. The summed E-state index contributed by atoms with van der Waals surface area (Å²) in [5, 5.41) is 3.47. The van der Waals surface area contributed by atoms with Crippen molar-refractivity contribution in [2.24, 2.45) is 5.92 Å². The monoisotopic (exact) mass is 274 g/mol. The summed E-state index contributed by atoms with van der Waals surface area (Å²) in [6.07, 6.45) is 3.93. The van der Waals surface area contributed by atoms with Crippen molar-refractivity contribution in [3.63, 3.8) is 0 Å². The number of benzene rings is 1. The first-order chi connectivity index (χ1) is 9.67. The van der Waals surface area contributed by atoms with Gasteiger partial charge in [0.1, 0.15) is 0 Å². The van der Waals surface area contributed by atoms with Gasteiger partial charge in [0.25, 0.3) is 0 Å². The SMILES string of the molecule is CCCN(Cc1cc(C)cc(C)c1)CC1CCNCC1. The average molecular weight is 274 g/mol. The molecule has 0 aromatic heterocycles. The van der Waals surface area contributed by atoms with E-state index in [9.17, 15) is 0 Å². The molecule has 1 aromatic rings. The first kappa shape index (κ1) is 15.5. The van der Waals surface area contributed by atoms with E-state index in [1.54, 1.807) is 0 Å². The van der Waals surface area contributed by atoms with Gasteiger partial charge in [0.15, 0.2) is 0 Å². The highest BCUT2D eigenvalue weighted by Gasteiger charge is 2.16. The largest absolute Gasteiger partial charge is 0.317 e. The minimum absolute atomic E-state index is 0.883. The fraction of sp³-hybridized carbons (Fsp3) is 0.667. The summed E-state index contributed by atoms with van der Waals surface area (Å²) in [6.45, 7) is 12.7. The molecule has 1 N–H and O–H groups in total. The lowest BCUT2D eigenvalue weighted by molar-refractivity contribution is 0.199. The van der Waals surface area contributed by atoms with Gasteiger partial charge in [-0.2, -0.15) is 0 Å². The fourth-order valence-electron chi connectivity index (χ4n) is 3.40. The summed E-state index contributed by atoms with van der Waals surface area (Å²) in [5.74, 6) is 0.883. The van der Waals surface area contributed by atoms with E-state index >= 15 is 0 Å². The molecule has 0 atom stereocenters. The van der Waals surface area contributed by atoms with Crippen LogP contribution >= 0.6 is 0 Å². The van der Waals surface area contributed by atoms with E-state index in [0.717, 1.165) is 12.5 Å². The van der Waals surface area contributed by atoms with Crippen LogP contribution in [0.2, 0.25) is 0 Å². The molecule has 1 fully saturated rings. The van der Waals surface area contributed by atoms with Crippen LogP contribution in [-0.2, 0) is 6.54 Å². The number of hydrogen-bond acceptors (Lipinski definition) is 2. The minimum atomic E-state index is 0.883. The van der Waals surface area contributed by atoms with Crippen molar-refractivity contribution in [1.82, 2.24) is 10.2 Å². The molecular formula is C18H30N2. The van der Waals surface area contributed by atoms with Crippen molar-refractivity contribution in [2.45, 2.75) is 46.6 Å². The van der Waals surface area contributed by atoms with E-state index in [1.165, 1.54) is 62.1 Å². The van der Waals surface area contributed by atoms with Crippen LogP contribution in [0.4, 0.5) is 0 Å². The maximum atomic E-state index is 3.47. The first-order valence-corrected chi connectivity index (χ1v) is 8.17. The van der Waals surface area contributed by atoms with Gasteiger partial charge in [-0.25, -0.2) is 0 Å². The predicted octanol–water partition coefficient (Wildman–Crippen LogP) is 3.52. The highest BCUT2D eigenvalue weighted by molar-refractivity contribution is 5.28. The summed E-state index contributed by atoms with van der Waals surface area (Å²) < 4.78 is 0. The highest BCUT2D eigenvalue weighted by Crippen LogP contribution is 2.17. The molecule has 1 aliphatic rings. The van der Waals surface area contributed by atoms with Crippen LogP contribution in [0.3, 0.4) is 0 Å². The maximum Gasteiger partial charge on any atom is 0.0234 e. The number of nitrogens with one attached hydrogen (secondary N) is 1. The molecule has 112 valence electrons. The predicted molar refractivity (Wildman–Crippen MR) is 87.1 cm³/mol. The van der Waals surface area contributed by atoms with Gasteiger partial charge in [0.2, 0.25) is 0 Å². The third-order valence-electron chi connectivity index (χ3n) is 4.20. The van der Waals surface area contributed by atoms with Crippen molar-refractivity contribution in [3.05, 3.63) is 34.9 Å². The molecule has 0 spiro atoms. The zero-order valence-corrected chi connectivity index (χ0v) is 13.4. The maximum absolute atomic E-state index is 3.47. The molecule has 1 saturated heterocycles. The smallest absolute Gasteiger partial charge is 0.0234 e. The highest BCUT2D eigenvalue weighted by atomic mass is 15.1. The quantitative estimate of drug-likeness (QED) is 0.854. The Hall–Kier alpha value is -0.860. The van der Waals surface area contributed by atoms with E-state index in [0.29, 0.717) is 0 Å². The van der Waals surface area contributed by atoms with Crippen molar-refractivity contribution in [1.29, 1.82) is 0 Å². The third kappa shape index (κ3) is 4.92. The van der Waals surface area contributed by atoms with E-state index in [-0.39, 0.29) is 0 Å². The lowest BCUT2D eigenvalue weighted by atomic mass is 9.97. The average Bonchev–Trinajstić information content (AvgIpc) is 2.39. The summed E-state index contributed by atoms with van der Waals surface area (Å²) in [7, 11) is 0. The van der Waals surface area contributed by atoms with Crippen LogP contribution in [0.25, 0.3) is 0 Å². The summed E-state index contributed by atoms with van der Waals surface area (Å²) in [5.41, 5.74) is 4.25. The van der Waals surface area contributed by atoms with Gasteiger partial charge >= 0.3 is 0 Å². The molecule has 0 bridgehead atoms. The topological polar surface area (TPSA) is 15.3 Å². The second-order valence-electron chi connectivity index (χ2n) is 6.42. The van der Waals surface area contributed by atoms with Gasteiger partial charge < -0.3 is 5.32 Å². The van der Waals surface area contributed by atoms with Crippen molar-refractivity contribution in [2.75, 3.05) is 26.2 Å². The second-order valence-corrected chi connectivity index (χ2v) is 6.42. The summed E-state index contributed by atoms with van der Waals surface area (Å²) in [6, 6.07) is 6.95. The lowest BCUT2D eigenvalue weighted by Gasteiger charge is -2.30. The Bertz CT molecular complexity index is 388. The van der Waals surface area contributed by atoms with Gasteiger partial charge in [-0.1, -0.05) is 36.2 Å². The van der Waals surface area contributed by atoms with Crippen LogP contribution in [0.15, 0.2) is 18.2 Å².